The first-order chi connectivity index (χ1) is 23.7. The summed E-state index contributed by atoms with van der Waals surface area (Å²) in [6.07, 6.45) is 1.79. The number of nitrogens with zero attached hydrogens (tertiary/aromatic N) is 1. The van der Waals surface area contributed by atoms with Crippen LogP contribution in [0.3, 0.4) is 0 Å². The lowest BCUT2D eigenvalue weighted by Gasteiger charge is -2.28. The van der Waals surface area contributed by atoms with Crippen molar-refractivity contribution in [2.75, 3.05) is 0 Å². The number of nitrogens with one attached hydrogen (secondary N) is 2. The van der Waals surface area contributed by atoms with Gasteiger partial charge >= 0.3 is 0 Å². The topological polar surface area (TPSA) is 143 Å². The molecular weight excluding hydrogens is 628 g/mol. The smallest absolute Gasteiger partial charge is 0.251 e. The summed E-state index contributed by atoms with van der Waals surface area (Å²) in [4.78, 5) is 25.5. The van der Waals surface area contributed by atoms with Crippen molar-refractivity contribution < 1.29 is 28.3 Å². The first-order valence-electron chi connectivity index (χ1n) is 15.6. The summed E-state index contributed by atoms with van der Waals surface area (Å²) in [5, 5.41) is 15.4. The molecule has 0 radical (unpaired) electrons. The molecule has 11 heteroatoms. The summed E-state index contributed by atoms with van der Waals surface area (Å²) < 4.78 is 33.4. The zero-order valence-corrected chi connectivity index (χ0v) is 26.6. The van der Waals surface area contributed by atoms with E-state index in [1.54, 1.807) is 17.6 Å². The van der Waals surface area contributed by atoms with E-state index in [1.165, 1.54) is 17.3 Å². The minimum atomic E-state index is -1.16. The number of ether oxygens (including phenoxy) is 1. The third-order valence-electron chi connectivity index (χ3n) is 8.05. The highest BCUT2D eigenvalue weighted by Crippen LogP contribution is 2.21. The molecule has 0 fully saturated rings. The fourth-order valence-electron chi connectivity index (χ4n) is 5.38. The molecule has 0 aromatic heterocycles. The summed E-state index contributed by atoms with van der Waals surface area (Å²) in [5.74, 6) is 3.56. The van der Waals surface area contributed by atoms with Gasteiger partial charge in [0, 0.05) is 17.5 Å². The number of nitrogens with two attached hydrogens (primary N) is 2. The van der Waals surface area contributed by atoms with Gasteiger partial charge in [0.1, 0.15) is 12.4 Å². The van der Waals surface area contributed by atoms with Crippen molar-refractivity contribution in [2.24, 2.45) is 11.6 Å². The molecular formula is C38H37F2N5O4. The Hall–Kier alpha value is -5.78. The molecule has 0 bridgehead atoms. The van der Waals surface area contributed by atoms with E-state index in [-0.39, 0.29) is 24.1 Å². The van der Waals surface area contributed by atoms with Crippen LogP contribution in [0.15, 0.2) is 127 Å². The second-order valence-electron chi connectivity index (χ2n) is 11.6. The average Bonchev–Trinajstić information content (AvgIpc) is 3.12. The molecule has 0 spiro atoms. The molecule has 2 atom stereocenters. The van der Waals surface area contributed by atoms with E-state index in [0.29, 0.717) is 18.8 Å². The molecule has 5 rings (SSSR count). The predicted molar refractivity (Wildman–Crippen MR) is 183 cm³/mol. The van der Waals surface area contributed by atoms with Crippen molar-refractivity contribution in [3.63, 3.8) is 0 Å². The largest absolute Gasteiger partial charge is 0.489 e. The van der Waals surface area contributed by atoms with Crippen LogP contribution in [0.1, 0.15) is 33.5 Å². The van der Waals surface area contributed by atoms with Crippen LogP contribution in [0, 0.1) is 11.6 Å². The standard InChI is InChI=1S/C38H37F2N5O4/c39-33-17-14-30(21-34(33)40)38(47)43-36(20-25-11-15-32(16-12-25)49-24-26-6-2-1-3-7-26)35(41)23-45(42)31(22-37(46)44-48)19-27-10-13-28-8-4-5-9-29(28)18-27/h1-18,21,23,31,36,48H,19-20,22,24,41-42H2,(H,43,47)(H,44,46)/b35-23-. The molecule has 0 heterocycles. The number of hydrogen-bond acceptors (Lipinski definition) is 7. The number of halogens is 2. The Morgan fingerprint density at radius 1 is 0.796 bits per heavy atom. The van der Waals surface area contributed by atoms with Crippen LogP contribution in [0.2, 0.25) is 0 Å². The number of hydrogen-bond donors (Lipinski definition) is 5. The number of carbonyl (C=O) groups excluding carboxylic acids is 2. The quantitative estimate of drug-likeness (QED) is 0.0597. The summed E-state index contributed by atoms with van der Waals surface area (Å²) >= 11 is 0. The highest BCUT2D eigenvalue weighted by atomic mass is 19.2. The fraction of sp³-hybridized carbons (Fsp3) is 0.158. The molecule has 7 N–H and O–H groups in total. The normalized spacial score (nSPS) is 12.6. The van der Waals surface area contributed by atoms with Crippen LogP contribution >= 0.6 is 0 Å². The minimum Gasteiger partial charge on any atom is -0.489 e. The number of amides is 2. The maximum atomic E-state index is 14.0. The van der Waals surface area contributed by atoms with Gasteiger partial charge in [0.25, 0.3) is 5.91 Å². The molecule has 0 aliphatic rings. The van der Waals surface area contributed by atoms with Gasteiger partial charge in [-0.3, -0.25) is 14.8 Å². The Kier molecular flexibility index (Phi) is 11.5. The lowest BCUT2D eigenvalue weighted by molar-refractivity contribution is -0.130. The minimum absolute atomic E-state index is 0.0974. The number of hydrazine groups is 1. The number of benzene rings is 5. The van der Waals surface area contributed by atoms with Gasteiger partial charge in [-0.15, -0.1) is 0 Å². The third kappa shape index (κ3) is 9.63. The van der Waals surface area contributed by atoms with E-state index in [2.05, 4.69) is 5.32 Å². The van der Waals surface area contributed by atoms with Gasteiger partial charge in [-0.25, -0.2) is 20.1 Å². The van der Waals surface area contributed by atoms with E-state index in [4.69, 9.17) is 16.3 Å². The van der Waals surface area contributed by atoms with Gasteiger partial charge in [0.15, 0.2) is 11.6 Å². The van der Waals surface area contributed by atoms with Crippen LogP contribution in [0.4, 0.5) is 8.78 Å². The second-order valence-corrected chi connectivity index (χ2v) is 11.6. The molecule has 0 saturated carbocycles. The second kappa shape index (κ2) is 16.4. The Balaban J connectivity index is 1.37. The van der Waals surface area contributed by atoms with E-state index in [9.17, 15) is 23.6 Å². The van der Waals surface area contributed by atoms with Crippen molar-refractivity contribution >= 4 is 22.6 Å². The molecule has 5 aromatic rings. The van der Waals surface area contributed by atoms with Crippen LogP contribution in [-0.2, 0) is 24.2 Å². The Morgan fingerprint density at radius 2 is 1.49 bits per heavy atom. The number of hydroxylamine groups is 1. The monoisotopic (exact) mass is 665 g/mol. The molecule has 0 saturated heterocycles. The lowest BCUT2D eigenvalue weighted by Crippen LogP contribution is -2.45. The van der Waals surface area contributed by atoms with Crippen LogP contribution in [-0.4, -0.2) is 34.1 Å². The lowest BCUT2D eigenvalue weighted by atomic mass is 9.99. The SMILES string of the molecule is N/C(=C\N(N)C(CC(=O)NO)Cc1ccc2ccccc2c1)C(Cc1ccc(OCc2ccccc2)cc1)NC(=O)c1ccc(F)c(F)c1. The number of fused-ring (bicyclic) bond motifs is 1. The van der Waals surface area contributed by atoms with Crippen molar-refractivity contribution in [3.05, 3.63) is 161 Å². The van der Waals surface area contributed by atoms with Gasteiger partial charge < -0.3 is 20.8 Å². The molecule has 0 aliphatic carbocycles. The first kappa shape index (κ1) is 34.6. The Bertz CT molecular complexity index is 1920. The molecule has 49 heavy (non-hydrogen) atoms. The number of carbonyl (C=O) groups is 2. The predicted octanol–water partition coefficient (Wildman–Crippen LogP) is 5.52. The van der Waals surface area contributed by atoms with Crippen molar-refractivity contribution in [1.29, 1.82) is 0 Å². The maximum Gasteiger partial charge on any atom is 0.251 e. The van der Waals surface area contributed by atoms with Crippen molar-refractivity contribution in [3.8, 4) is 5.75 Å². The van der Waals surface area contributed by atoms with E-state index >= 15 is 0 Å². The maximum absolute atomic E-state index is 14.0. The molecule has 2 amide bonds. The van der Waals surface area contributed by atoms with Crippen molar-refractivity contribution in [2.45, 2.75) is 38.0 Å². The zero-order valence-electron chi connectivity index (χ0n) is 26.6. The molecule has 5 aromatic carbocycles. The van der Waals surface area contributed by atoms with Gasteiger partial charge in [-0.1, -0.05) is 84.9 Å². The highest BCUT2D eigenvalue weighted by molar-refractivity contribution is 5.94. The highest BCUT2D eigenvalue weighted by Gasteiger charge is 2.23. The van der Waals surface area contributed by atoms with Crippen molar-refractivity contribution in [1.82, 2.24) is 15.8 Å². The molecule has 0 aliphatic heterocycles. The molecule has 2 unspecified atom stereocenters. The molecule has 252 valence electrons. The van der Waals surface area contributed by atoms with Gasteiger partial charge in [-0.05, 0) is 70.6 Å². The van der Waals surface area contributed by atoms with Gasteiger partial charge in [-0.2, -0.15) is 0 Å². The third-order valence-corrected chi connectivity index (χ3v) is 8.05. The summed E-state index contributed by atoms with van der Waals surface area (Å²) in [6.45, 7) is 0.393. The van der Waals surface area contributed by atoms with Crippen LogP contribution in [0.25, 0.3) is 10.8 Å². The molecule has 9 nitrogen and oxygen atoms in total. The Labute approximate surface area is 282 Å². The zero-order chi connectivity index (χ0) is 34.8. The first-order valence-corrected chi connectivity index (χ1v) is 15.6. The fourth-order valence-corrected chi connectivity index (χ4v) is 5.38. The van der Waals surface area contributed by atoms with E-state index in [0.717, 1.165) is 39.6 Å². The Morgan fingerprint density at radius 3 is 2.20 bits per heavy atom. The van der Waals surface area contributed by atoms with E-state index < -0.39 is 35.5 Å². The van der Waals surface area contributed by atoms with E-state index in [1.807, 2.05) is 84.9 Å². The van der Waals surface area contributed by atoms with Crippen LogP contribution in [0.5, 0.6) is 5.75 Å². The van der Waals surface area contributed by atoms with Crippen LogP contribution < -0.4 is 27.1 Å². The summed E-state index contributed by atoms with van der Waals surface area (Å²) in [5.41, 5.74) is 11.0. The summed E-state index contributed by atoms with van der Waals surface area (Å²) in [6, 6.07) is 32.1. The number of rotatable bonds is 14. The summed E-state index contributed by atoms with van der Waals surface area (Å²) in [7, 11) is 0. The van der Waals surface area contributed by atoms with Gasteiger partial charge in [0.05, 0.1) is 18.5 Å². The average molecular weight is 666 g/mol. The van der Waals surface area contributed by atoms with Gasteiger partial charge in [0.2, 0.25) is 5.91 Å².